The first-order valence-corrected chi connectivity index (χ1v) is 12.2. The van der Waals surface area contributed by atoms with E-state index in [2.05, 4.69) is 15.6 Å². The number of carbonyl (C=O) groups excluding carboxylic acids is 3. The fourth-order valence-electron chi connectivity index (χ4n) is 3.37. The Balaban J connectivity index is 0.000000559. The molecule has 1 fully saturated rings. The number of carbonyl (C=O) groups is 3. The Bertz CT molecular complexity index is 1420. The number of rotatable bonds is 7. The normalized spacial score (nSPS) is 14.6. The fraction of sp³-hybridized carbons (Fsp3) is 0.240. The summed E-state index contributed by atoms with van der Waals surface area (Å²) in [5, 5.41) is 11.4. The van der Waals surface area contributed by atoms with Crippen LogP contribution in [0.3, 0.4) is 0 Å². The van der Waals surface area contributed by atoms with Gasteiger partial charge in [0.1, 0.15) is 29.1 Å². The van der Waals surface area contributed by atoms with Crippen LogP contribution in [0.5, 0.6) is 0 Å². The van der Waals surface area contributed by atoms with Gasteiger partial charge in [0.2, 0.25) is 0 Å². The molecule has 1 amide bonds. The molecule has 0 bridgehead atoms. The Morgan fingerprint density at radius 3 is 2.45 bits per heavy atom. The maximum atomic E-state index is 14.9. The van der Waals surface area contributed by atoms with Gasteiger partial charge in [-0.05, 0) is 23.8 Å². The zero-order valence-corrected chi connectivity index (χ0v) is 21.3. The summed E-state index contributed by atoms with van der Waals surface area (Å²) in [5.41, 5.74) is 6.50. The molecule has 0 aliphatic carbocycles. The molecule has 3 aromatic rings. The van der Waals surface area contributed by atoms with Crippen LogP contribution in [0.25, 0.3) is 26.5 Å². The summed E-state index contributed by atoms with van der Waals surface area (Å²) in [6.07, 6.45) is -6.44. The first kappa shape index (κ1) is 30.0. The Morgan fingerprint density at radius 1 is 1.23 bits per heavy atom. The monoisotopic (exact) mass is 580 g/mol. The Labute approximate surface area is 228 Å². The zero-order chi connectivity index (χ0) is 29.4. The number of carboxylic acid groups (broad SMARTS) is 1. The van der Waals surface area contributed by atoms with E-state index in [0.29, 0.717) is 16.8 Å². The lowest BCUT2D eigenvalue weighted by Crippen LogP contribution is -2.54. The molecule has 2 heterocycles. The van der Waals surface area contributed by atoms with E-state index >= 15 is 0 Å². The number of aliphatic carboxylic acids is 1. The Hall–Kier alpha value is -4.55. The molecule has 40 heavy (non-hydrogen) atoms. The summed E-state index contributed by atoms with van der Waals surface area (Å²) in [4.78, 5) is 41.3. The molecule has 1 saturated heterocycles. The van der Waals surface area contributed by atoms with E-state index in [9.17, 15) is 27.2 Å². The first-order chi connectivity index (χ1) is 18.9. The molecule has 0 saturated carbocycles. The molecule has 1 aromatic heterocycles. The number of quaternary nitrogens is 1. The van der Waals surface area contributed by atoms with Crippen LogP contribution < -0.4 is 15.7 Å². The van der Waals surface area contributed by atoms with Gasteiger partial charge in [-0.25, -0.2) is 25.5 Å². The largest absolute Gasteiger partial charge is 0.542 e. The molecular formula is C25H20F4N4O6S. The third kappa shape index (κ3) is 7.74. The van der Waals surface area contributed by atoms with Crippen LogP contribution in [0, 0.1) is 12.4 Å². The standard InChI is InChI=1S/C23H19FN4O4S.C2HF3O2/c1-26-10-16-13-33-22(27-16)15-4-2-14(3-5-15)19-7-6-17(8-20(19)24)28-11-18(32-23(28)30)12-31-21(29)9-25;3-2(4,5)1(6)7/h2-8,13,18H,9-12,25H2;(H,6,7)/t18-;/m1./s1. The van der Waals surface area contributed by atoms with E-state index < -0.39 is 36.1 Å². The van der Waals surface area contributed by atoms with Gasteiger partial charge in [-0.15, -0.1) is 11.3 Å². The molecule has 15 heteroatoms. The van der Waals surface area contributed by atoms with Crippen LogP contribution in [0.2, 0.25) is 0 Å². The second-order valence-electron chi connectivity index (χ2n) is 8.04. The lowest BCUT2D eigenvalue weighted by molar-refractivity contribution is -0.359. The molecule has 2 aromatic carbocycles. The summed E-state index contributed by atoms with van der Waals surface area (Å²) in [6.45, 7) is 7.26. The first-order valence-electron chi connectivity index (χ1n) is 11.3. The van der Waals surface area contributed by atoms with Gasteiger partial charge in [-0.2, -0.15) is 13.2 Å². The molecule has 1 aliphatic rings. The molecule has 0 radical (unpaired) electrons. The van der Waals surface area contributed by atoms with Crippen LogP contribution >= 0.6 is 11.3 Å². The molecule has 0 unspecified atom stereocenters. The van der Waals surface area contributed by atoms with Gasteiger partial charge >= 0.3 is 18.2 Å². The average molecular weight is 581 g/mol. The highest BCUT2D eigenvalue weighted by atomic mass is 32.1. The van der Waals surface area contributed by atoms with Crippen LogP contribution in [0.1, 0.15) is 5.69 Å². The number of anilines is 1. The number of carboxylic acids is 1. The van der Waals surface area contributed by atoms with Gasteiger partial charge in [-0.1, -0.05) is 24.3 Å². The molecule has 1 aliphatic heterocycles. The van der Waals surface area contributed by atoms with Gasteiger partial charge in [-0.3, -0.25) is 4.90 Å². The predicted molar refractivity (Wildman–Crippen MR) is 131 cm³/mol. The minimum Gasteiger partial charge on any atom is -0.542 e. The van der Waals surface area contributed by atoms with E-state index in [1.807, 2.05) is 17.5 Å². The number of hydrogen-bond donors (Lipinski definition) is 1. The number of nitrogens with zero attached hydrogens (tertiary/aromatic N) is 3. The van der Waals surface area contributed by atoms with Crippen molar-refractivity contribution < 1.29 is 52.3 Å². The van der Waals surface area contributed by atoms with E-state index in [1.165, 1.54) is 22.3 Å². The molecule has 10 nitrogen and oxygen atoms in total. The van der Waals surface area contributed by atoms with Crippen LogP contribution in [0.15, 0.2) is 47.8 Å². The zero-order valence-electron chi connectivity index (χ0n) is 20.4. The number of halogens is 4. The second kappa shape index (κ2) is 13.0. The van der Waals surface area contributed by atoms with E-state index in [0.717, 1.165) is 16.3 Å². The van der Waals surface area contributed by atoms with Crippen molar-refractivity contribution in [3.05, 3.63) is 70.8 Å². The maximum absolute atomic E-state index is 14.9. The van der Waals surface area contributed by atoms with Crippen molar-refractivity contribution >= 4 is 35.1 Å². The molecule has 210 valence electrons. The number of cyclic esters (lactones) is 1. The van der Waals surface area contributed by atoms with Crippen molar-refractivity contribution in [3.8, 4) is 21.7 Å². The summed E-state index contributed by atoms with van der Waals surface area (Å²) in [6, 6.07) is 11.9. The molecule has 3 N–H and O–H groups in total. The molecule has 0 spiro atoms. The number of thiazole rings is 1. The SMILES string of the molecule is O=C([O-])C(F)(F)F.[C-]#[N+]Cc1csc(-c2ccc(-c3ccc(N4C[C@H](COC(=O)C[NH3+])OC4=O)cc3F)cc2)n1. The number of amides is 1. The minimum atomic E-state index is -5.19. The molecule has 1 atom stereocenters. The second-order valence-corrected chi connectivity index (χ2v) is 8.89. The summed E-state index contributed by atoms with van der Waals surface area (Å²) < 4.78 is 56.6. The Morgan fingerprint density at radius 2 is 1.88 bits per heavy atom. The number of aromatic nitrogens is 1. The van der Waals surface area contributed by atoms with Gasteiger partial charge in [0.05, 0.1) is 12.2 Å². The van der Waals surface area contributed by atoms with Crippen LogP contribution in [-0.4, -0.2) is 55.0 Å². The molecule has 4 rings (SSSR count). The lowest BCUT2D eigenvalue weighted by atomic mass is 10.0. The third-order valence-electron chi connectivity index (χ3n) is 5.24. The number of hydrogen-bond acceptors (Lipinski definition) is 8. The van der Waals surface area contributed by atoms with Crippen molar-refractivity contribution in [2.24, 2.45) is 0 Å². The smallest absolute Gasteiger partial charge is 0.430 e. The summed E-state index contributed by atoms with van der Waals surface area (Å²) in [7, 11) is 0. The fourth-order valence-corrected chi connectivity index (χ4v) is 4.19. The van der Waals surface area contributed by atoms with Crippen molar-refractivity contribution in [3.63, 3.8) is 0 Å². The maximum Gasteiger partial charge on any atom is 0.430 e. The summed E-state index contributed by atoms with van der Waals surface area (Å²) >= 11 is 1.46. The quantitative estimate of drug-likeness (QED) is 0.257. The van der Waals surface area contributed by atoms with Gasteiger partial charge in [0.25, 0.3) is 6.54 Å². The van der Waals surface area contributed by atoms with Crippen molar-refractivity contribution in [2.75, 3.05) is 24.6 Å². The number of esters is 1. The molecular weight excluding hydrogens is 560 g/mol. The Kier molecular flexibility index (Phi) is 9.75. The number of ether oxygens (including phenoxy) is 2. The van der Waals surface area contributed by atoms with Crippen molar-refractivity contribution in [1.29, 1.82) is 0 Å². The average Bonchev–Trinajstić information content (AvgIpc) is 3.54. The van der Waals surface area contributed by atoms with E-state index in [-0.39, 0.29) is 26.2 Å². The summed E-state index contributed by atoms with van der Waals surface area (Å²) in [5.74, 6) is -3.97. The highest BCUT2D eigenvalue weighted by molar-refractivity contribution is 7.13. The number of alkyl halides is 3. The van der Waals surface area contributed by atoms with Crippen LogP contribution in [0.4, 0.5) is 28.0 Å². The van der Waals surface area contributed by atoms with E-state index in [4.69, 9.17) is 25.9 Å². The van der Waals surface area contributed by atoms with Gasteiger partial charge in [0, 0.05) is 16.5 Å². The highest BCUT2D eigenvalue weighted by Crippen LogP contribution is 2.31. The number of benzene rings is 2. The van der Waals surface area contributed by atoms with E-state index in [1.54, 1.807) is 24.3 Å². The lowest BCUT2D eigenvalue weighted by Gasteiger charge is -2.14. The van der Waals surface area contributed by atoms with Crippen LogP contribution in [-0.2, 0) is 25.6 Å². The van der Waals surface area contributed by atoms with Crippen molar-refractivity contribution in [2.45, 2.75) is 18.8 Å². The highest BCUT2D eigenvalue weighted by Gasteiger charge is 2.33. The van der Waals surface area contributed by atoms with Gasteiger partial charge < -0.3 is 30.0 Å². The van der Waals surface area contributed by atoms with Gasteiger partial charge in [0.15, 0.2) is 12.6 Å². The third-order valence-corrected chi connectivity index (χ3v) is 6.18. The minimum absolute atomic E-state index is 0.00880. The predicted octanol–water partition coefficient (Wildman–Crippen LogP) is 2.44. The van der Waals surface area contributed by atoms with Crippen molar-refractivity contribution in [1.82, 2.24) is 4.98 Å². The topological polar surface area (TPSA) is 141 Å².